The largest absolute Gasteiger partial charge is 0.573 e. The SMILES string of the molecule is O=C(Nc1ccccc1OC(F)(F)F)N1CCN(c2ccc(N3CCN(CCO)CC3)nn2)CC1. The zero-order valence-electron chi connectivity index (χ0n) is 19.1. The lowest BCUT2D eigenvalue weighted by Crippen LogP contribution is -2.50. The Hall–Kier alpha value is -3.32. The number of carbonyl (C=O) groups excluding carboxylic acids is 1. The van der Waals surface area contributed by atoms with Gasteiger partial charge in [-0.3, -0.25) is 4.90 Å². The molecule has 190 valence electrons. The fourth-order valence-electron chi connectivity index (χ4n) is 4.11. The summed E-state index contributed by atoms with van der Waals surface area (Å²) in [5.41, 5.74) is -0.0455. The van der Waals surface area contributed by atoms with Gasteiger partial charge in [-0.25, -0.2) is 4.79 Å². The molecule has 35 heavy (non-hydrogen) atoms. The average molecular weight is 496 g/mol. The molecule has 0 saturated carbocycles. The van der Waals surface area contributed by atoms with E-state index in [1.165, 1.54) is 23.1 Å². The highest BCUT2D eigenvalue weighted by atomic mass is 19.4. The third kappa shape index (κ3) is 6.63. The molecule has 4 rings (SSSR count). The second-order valence-corrected chi connectivity index (χ2v) is 8.25. The van der Waals surface area contributed by atoms with Crippen molar-refractivity contribution in [1.82, 2.24) is 20.0 Å². The number of hydrogen-bond donors (Lipinski definition) is 2. The van der Waals surface area contributed by atoms with Crippen LogP contribution in [0.2, 0.25) is 0 Å². The number of piperazine rings is 2. The highest BCUT2D eigenvalue weighted by Gasteiger charge is 2.32. The smallest absolute Gasteiger partial charge is 0.404 e. The second-order valence-electron chi connectivity index (χ2n) is 8.25. The summed E-state index contributed by atoms with van der Waals surface area (Å²) in [5.74, 6) is 1.05. The van der Waals surface area contributed by atoms with Crippen LogP contribution in [0, 0.1) is 0 Å². The summed E-state index contributed by atoms with van der Waals surface area (Å²) >= 11 is 0. The van der Waals surface area contributed by atoms with Crippen molar-refractivity contribution in [2.75, 3.05) is 80.6 Å². The van der Waals surface area contributed by atoms with Crippen LogP contribution in [-0.4, -0.2) is 103 Å². The summed E-state index contributed by atoms with van der Waals surface area (Å²) in [5, 5.41) is 20.3. The number of β-amino-alcohol motifs (C(OH)–C–C–N with tert-alkyl or cyclic N) is 1. The maximum absolute atomic E-state index is 12.6. The van der Waals surface area contributed by atoms with Crippen molar-refractivity contribution in [2.45, 2.75) is 6.36 Å². The number of para-hydroxylation sites is 2. The van der Waals surface area contributed by atoms with Gasteiger partial charge in [-0.05, 0) is 24.3 Å². The van der Waals surface area contributed by atoms with Gasteiger partial charge in [0.1, 0.15) is 0 Å². The number of aliphatic hydroxyl groups is 1. The highest BCUT2D eigenvalue weighted by molar-refractivity contribution is 5.91. The van der Waals surface area contributed by atoms with E-state index in [-0.39, 0.29) is 12.3 Å². The highest BCUT2D eigenvalue weighted by Crippen LogP contribution is 2.30. The fraction of sp³-hybridized carbons (Fsp3) is 0.500. The van der Waals surface area contributed by atoms with Crippen LogP contribution >= 0.6 is 0 Å². The van der Waals surface area contributed by atoms with Gasteiger partial charge in [-0.1, -0.05) is 12.1 Å². The van der Waals surface area contributed by atoms with E-state index in [4.69, 9.17) is 5.11 Å². The van der Waals surface area contributed by atoms with Gasteiger partial charge in [0.15, 0.2) is 17.4 Å². The number of alkyl halides is 3. The molecule has 2 saturated heterocycles. The van der Waals surface area contributed by atoms with Crippen molar-refractivity contribution >= 4 is 23.4 Å². The van der Waals surface area contributed by atoms with E-state index in [0.29, 0.717) is 38.5 Å². The van der Waals surface area contributed by atoms with Crippen LogP contribution in [-0.2, 0) is 0 Å². The molecule has 13 heteroatoms. The van der Waals surface area contributed by atoms with Crippen LogP contribution in [0.25, 0.3) is 0 Å². The van der Waals surface area contributed by atoms with Crippen molar-refractivity contribution in [3.63, 3.8) is 0 Å². The number of urea groups is 1. The van der Waals surface area contributed by atoms with E-state index < -0.39 is 18.1 Å². The number of aromatic nitrogens is 2. The van der Waals surface area contributed by atoms with E-state index in [9.17, 15) is 18.0 Å². The van der Waals surface area contributed by atoms with Crippen LogP contribution in [0.5, 0.6) is 5.75 Å². The van der Waals surface area contributed by atoms with Gasteiger partial charge in [0.2, 0.25) is 0 Å². The first-order valence-electron chi connectivity index (χ1n) is 11.4. The molecule has 2 aliphatic heterocycles. The standard InChI is InChI=1S/C22H28F3N7O3/c23-22(24,25)35-18-4-2-1-3-17(18)26-21(34)32-13-11-31(12-14-32)20-6-5-19(27-28-20)30-9-7-29(8-10-30)15-16-33/h1-6,33H,7-16H2,(H,26,34). The lowest BCUT2D eigenvalue weighted by atomic mass is 10.3. The number of nitrogens with zero attached hydrogens (tertiary/aromatic N) is 6. The Bertz CT molecular complexity index is 977. The minimum absolute atomic E-state index is 0.0455. The molecular formula is C22H28F3N7O3. The lowest BCUT2D eigenvalue weighted by molar-refractivity contribution is -0.274. The van der Waals surface area contributed by atoms with Crippen LogP contribution in [0.3, 0.4) is 0 Å². The molecule has 2 fully saturated rings. The van der Waals surface area contributed by atoms with Gasteiger partial charge in [0.05, 0.1) is 12.3 Å². The number of anilines is 3. The van der Waals surface area contributed by atoms with Gasteiger partial charge in [-0.2, -0.15) is 0 Å². The van der Waals surface area contributed by atoms with Crippen molar-refractivity contribution < 1.29 is 27.8 Å². The number of amides is 2. The van der Waals surface area contributed by atoms with E-state index in [0.717, 1.165) is 38.1 Å². The van der Waals surface area contributed by atoms with E-state index in [2.05, 4.69) is 30.1 Å². The third-order valence-corrected chi connectivity index (χ3v) is 5.99. The lowest BCUT2D eigenvalue weighted by Gasteiger charge is -2.36. The molecular weight excluding hydrogens is 467 g/mol. The topological polar surface area (TPSA) is 97.3 Å². The second kappa shape index (κ2) is 11.0. The molecule has 1 aromatic heterocycles. The molecule has 10 nitrogen and oxygen atoms in total. The molecule has 3 heterocycles. The number of hydrogen-bond acceptors (Lipinski definition) is 8. The molecule has 0 radical (unpaired) electrons. The van der Waals surface area contributed by atoms with Crippen molar-refractivity contribution in [3.05, 3.63) is 36.4 Å². The molecule has 2 N–H and O–H groups in total. The summed E-state index contributed by atoms with van der Waals surface area (Å²) in [6, 6.07) is 8.78. The maximum Gasteiger partial charge on any atom is 0.573 e. The molecule has 2 aromatic rings. The van der Waals surface area contributed by atoms with Crippen molar-refractivity contribution in [1.29, 1.82) is 0 Å². The minimum atomic E-state index is -4.85. The third-order valence-electron chi connectivity index (χ3n) is 5.99. The van der Waals surface area contributed by atoms with Gasteiger partial charge in [0.25, 0.3) is 0 Å². The molecule has 2 aliphatic rings. The average Bonchev–Trinajstić information content (AvgIpc) is 2.85. The minimum Gasteiger partial charge on any atom is -0.404 e. The summed E-state index contributed by atoms with van der Waals surface area (Å²) in [6.07, 6.45) is -4.85. The summed E-state index contributed by atoms with van der Waals surface area (Å²) in [4.78, 5) is 20.5. The van der Waals surface area contributed by atoms with Gasteiger partial charge in [0, 0.05) is 58.9 Å². The van der Waals surface area contributed by atoms with Crippen molar-refractivity contribution in [3.8, 4) is 5.75 Å². The molecule has 0 unspecified atom stereocenters. The molecule has 1 aromatic carbocycles. The predicted octanol–water partition coefficient (Wildman–Crippen LogP) is 1.84. The van der Waals surface area contributed by atoms with E-state index >= 15 is 0 Å². The number of halogens is 3. The van der Waals surface area contributed by atoms with E-state index in [1.54, 1.807) is 0 Å². The summed E-state index contributed by atoms with van der Waals surface area (Å²) in [6.45, 7) is 5.98. The number of aliphatic hydroxyl groups excluding tert-OH is 1. The zero-order chi connectivity index (χ0) is 24.8. The number of nitrogens with one attached hydrogen (secondary N) is 1. The molecule has 2 amide bonds. The number of ether oxygens (including phenoxy) is 1. The first-order chi connectivity index (χ1) is 16.8. The number of benzene rings is 1. The molecule has 0 atom stereocenters. The quantitative estimate of drug-likeness (QED) is 0.627. The monoisotopic (exact) mass is 495 g/mol. The predicted molar refractivity (Wildman–Crippen MR) is 124 cm³/mol. The maximum atomic E-state index is 12.6. The Labute approximate surface area is 200 Å². The Morgan fingerprint density at radius 3 is 2.03 bits per heavy atom. The summed E-state index contributed by atoms with van der Waals surface area (Å²) in [7, 11) is 0. The van der Waals surface area contributed by atoms with Gasteiger partial charge in [-0.15, -0.1) is 23.4 Å². The zero-order valence-corrected chi connectivity index (χ0v) is 19.1. The fourth-order valence-corrected chi connectivity index (χ4v) is 4.11. The van der Waals surface area contributed by atoms with Crippen LogP contribution in [0.1, 0.15) is 0 Å². The number of carbonyl (C=O) groups is 1. The molecule has 0 bridgehead atoms. The van der Waals surface area contributed by atoms with Crippen LogP contribution in [0.4, 0.5) is 35.3 Å². The molecule has 0 aliphatic carbocycles. The first kappa shape index (κ1) is 24.8. The Kier molecular flexibility index (Phi) is 7.76. The Balaban J connectivity index is 1.28. The Morgan fingerprint density at radius 2 is 1.49 bits per heavy atom. The van der Waals surface area contributed by atoms with Gasteiger partial charge >= 0.3 is 12.4 Å². The Morgan fingerprint density at radius 1 is 0.914 bits per heavy atom. The van der Waals surface area contributed by atoms with E-state index in [1.807, 2.05) is 17.0 Å². The van der Waals surface area contributed by atoms with Gasteiger partial charge < -0.3 is 29.9 Å². The van der Waals surface area contributed by atoms with Crippen LogP contribution in [0.15, 0.2) is 36.4 Å². The summed E-state index contributed by atoms with van der Waals surface area (Å²) < 4.78 is 41.8. The first-order valence-corrected chi connectivity index (χ1v) is 11.4. The molecule has 0 spiro atoms. The number of rotatable bonds is 6. The van der Waals surface area contributed by atoms with Crippen LogP contribution < -0.4 is 19.9 Å². The normalized spacial score (nSPS) is 17.4. The van der Waals surface area contributed by atoms with Crippen molar-refractivity contribution in [2.24, 2.45) is 0 Å².